The van der Waals surface area contributed by atoms with Gasteiger partial charge in [0.2, 0.25) is 0 Å². The van der Waals surface area contributed by atoms with Gasteiger partial charge in [0.05, 0.1) is 12.2 Å². The molecule has 209 valence electrons. The second kappa shape index (κ2) is 10.9. The SMILES string of the molecule is C=C1/C(=C\C=C2/CCC[C@]3(C)[C@@H]([C@H](C)/C=C/[C@@H](O)C4CC4)CC[C@@H]23)C[C@@H](O)C[C@@H]1O[Si-](C)(C)C(C)(C)C. The molecule has 0 unspecified atom stereocenters. The molecule has 0 radical (unpaired) electrons. The highest BCUT2D eigenvalue weighted by molar-refractivity contribution is 6.74. The first-order valence-electron chi connectivity index (χ1n) is 15.0. The molecule has 0 aromatic heterocycles. The lowest BCUT2D eigenvalue weighted by Crippen LogP contribution is -2.46. The molecule has 7 atom stereocenters. The molecule has 0 spiro atoms. The molecular formula is C33H54O3Si-. The molecule has 4 heteroatoms. The maximum Gasteiger partial charge on any atom is 0.0749 e. The summed E-state index contributed by atoms with van der Waals surface area (Å²) < 4.78 is 6.73. The first-order valence-corrected chi connectivity index (χ1v) is 17.9. The van der Waals surface area contributed by atoms with Gasteiger partial charge in [-0.3, -0.25) is 0 Å². The number of aliphatic hydroxyl groups is 2. The summed E-state index contributed by atoms with van der Waals surface area (Å²) in [5.41, 5.74) is 4.16. The quantitative estimate of drug-likeness (QED) is 0.260. The normalized spacial score (nSPS) is 37.4. The average Bonchev–Trinajstić information content (AvgIpc) is 3.59. The van der Waals surface area contributed by atoms with E-state index < -0.39 is 8.32 Å². The van der Waals surface area contributed by atoms with Crippen molar-refractivity contribution in [2.75, 3.05) is 0 Å². The Morgan fingerprint density at radius 1 is 1.11 bits per heavy atom. The number of allylic oxidation sites excluding steroid dienone is 4. The van der Waals surface area contributed by atoms with Crippen LogP contribution in [0.4, 0.5) is 0 Å². The Morgan fingerprint density at radius 3 is 2.46 bits per heavy atom. The first-order chi connectivity index (χ1) is 17.2. The summed E-state index contributed by atoms with van der Waals surface area (Å²) in [6.07, 6.45) is 18.3. The maximum atomic E-state index is 10.7. The van der Waals surface area contributed by atoms with Gasteiger partial charge in [-0.25, -0.2) is 0 Å². The van der Waals surface area contributed by atoms with Crippen molar-refractivity contribution in [2.24, 2.45) is 29.1 Å². The van der Waals surface area contributed by atoms with Crippen molar-refractivity contribution in [3.05, 3.63) is 47.6 Å². The highest BCUT2D eigenvalue weighted by Crippen LogP contribution is 2.59. The van der Waals surface area contributed by atoms with Crippen LogP contribution in [0.25, 0.3) is 0 Å². The van der Waals surface area contributed by atoms with Gasteiger partial charge in [0.25, 0.3) is 0 Å². The zero-order valence-electron chi connectivity index (χ0n) is 24.7. The molecule has 0 bridgehead atoms. The van der Waals surface area contributed by atoms with E-state index >= 15 is 0 Å². The van der Waals surface area contributed by atoms with Gasteiger partial charge in [0.15, 0.2) is 0 Å². The number of aliphatic hydroxyl groups excluding tert-OH is 2. The van der Waals surface area contributed by atoms with Gasteiger partial charge in [0.1, 0.15) is 0 Å². The first kappa shape index (κ1) is 29.0. The molecule has 0 heterocycles. The lowest BCUT2D eigenvalue weighted by molar-refractivity contribution is 0.0907. The third kappa shape index (κ3) is 6.29. The topological polar surface area (TPSA) is 49.7 Å². The van der Waals surface area contributed by atoms with Crippen LogP contribution in [0.1, 0.15) is 92.4 Å². The second-order valence-electron chi connectivity index (χ2n) is 14.6. The van der Waals surface area contributed by atoms with Crippen molar-refractivity contribution >= 4 is 8.32 Å². The highest BCUT2D eigenvalue weighted by atomic mass is 28.4. The number of hydrogen-bond acceptors (Lipinski definition) is 3. The molecule has 37 heavy (non-hydrogen) atoms. The molecule has 2 N–H and O–H groups in total. The average molecular weight is 527 g/mol. The predicted octanol–water partition coefficient (Wildman–Crippen LogP) is 8.12. The van der Waals surface area contributed by atoms with E-state index in [1.165, 1.54) is 50.5 Å². The molecule has 0 amide bonds. The van der Waals surface area contributed by atoms with E-state index in [9.17, 15) is 10.2 Å². The number of fused-ring (bicyclic) bond motifs is 1. The van der Waals surface area contributed by atoms with E-state index in [0.717, 1.165) is 5.57 Å². The molecule has 4 aliphatic carbocycles. The predicted molar refractivity (Wildman–Crippen MR) is 158 cm³/mol. The molecule has 3 nitrogen and oxygen atoms in total. The van der Waals surface area contributed by atoms with Crippen molar-refractivity contribution in [1.82, 2.24) is 0 Å². The summed E-state index contributed by atoms with van der Waals surface area (Å²) in [5, 5.41) is 21.2. The standard InChI is InChI=1S/C33H54O3Si/c1-22(11-18-30(35)25-13-14-25)28-16-17-29-24(10-9-19-33(28,29)6)12-15-26-20-27(34)21-31(23(26)2)36-37(7,8)32(3,4)5/h11-12,15,18,22,25,27-31,34-35H,2,9-10,13-14,16-17,19-21H2,1,3-8H3/q-1/b18-11+,24-12+,26-15-/t22-,27-,28-,29+,30-,31+,33-/m1/s1. The number of hydrogen-bond donors (Lipinski definition) is 2. The van der Waals surface area contributed by atoms with Gasteiger partial charge in [-0.05, 0) is 99.9 Å². The largest absolute Gasteiger partial charge is 0.559 e. The Kier molecular flexibility index (Phi) is 8.56. The fourth-order valence-electron chi connectivity index (χ4n) is 7.26. The van der Waals surface area contributed by atoms with Crippen LogP contribution < -0.4 is 0 Å². The van der Waals surface area contributed by atoms with Gasteiger partial charge in [-0.1, -0.05) is 71.1 Å². The zero-order valence-corrected chi connectivity index (χ0v) is 25.7. The van der Waals surface area contributed by atoms with Crippen molar-refractivity contribution < 1.29 is 14.6 Å². The van der Waals surface area contributed by atoms with Crippen LogP contribution in [-0.2, 0) is 4.43 Å². The Labute approximate surface area is 228 Å². The van der Waals surface area contributed by atoms with Gasteiger partial charge >= 0.3 is 0 Å². The van der Waals surface area contributed by atoms with Crippen LogP contribution >= 0.6 is 0 Å². The van der Waals surface area contributed by atoms with E-state index in [4.69, 9.17) is 4.43 Å². The van der Waals surface area contributed by atoms with E-state index in [1.54, 1.807) is 5.57 Å². The van der Waals surface area contributed by atoms with Crippen LogP contribution in [0.2, 0.25) is 18.1 Å². The maximum absolute atomic E-state index is 10.7. The lowest BCUT2D eigenvalue weighted by atomic mass is 9.61. The fourth-order valence-corrected chi connectivity index (χ4v) is 8.56. The Bertz CT molecular complexity index is 934. The van der Waals surface area contributed by atoms with Crippen molar-refractivity contribution in [2.45, 2.75) is 129 Å². The molecular weight excluding hydrogens is 472 g/mol. The van der Waals surface area contributed by atoms with Crippen LogP contribution in [0.15, 0.2) is 47.6 Å². The molecule has 4 rings (SSSR count). The molecule has 0 aliphatic heterocycles. The summed E-state index contributed by atoms with van der Waals surface area (Å²) in [6, 6.07) is 0. The van der Waals surface area contributed by atoms with Crippen molar-refractivity contribution in [3.8, 4) is 0 Å². The molecule has 4 saturated carbocycles. The van der Waals surface area contributed by atoms with E-state index in [2.05, 4.69) is 78.6 Å². The lowest BCUT2D eigenvalue weighted by Gasteiger charge is -2.52. The van der Waals surface area contributed by atoms with Gasteiger partial charge in [-0.15, -0.1) is 18.1 Å². The Balaban J connectivity index is 1.48. The third-order valence-corrected chi connectivity index (χ3v) is 15.4. The summed E-state index contributed by atoms with van der Waals surface area (Å²) in [5.74, 6) is 2.31. The van der Waals surface area contributed by atoms with Gasteiger partial charge in [0, 0.05) is 12.5 Å². The van der Waals surface area contributed by atoms with Crippen molar-refractivity contribution in [3.63, 3.8) is 0 Å². The van der Waals surface area contributed by atoms with Gasteiger partial charge < -0.3 is 14.6 Å². The van der Waals surface area contributed by atoms with Crippen LogP contribution in [0.5, 0.6) is 0 Å². The Morgan fingerprint density at radius 2 is 1.81 bits per heavy atom. The molecule has 0 saturated heterocycles. The summed E-state index contributed by atoms with van der Waals surface area (Å²) in [7, 11) is -1.95. The summed E-state index contributed by atoms with van der Waals surface area (Å²) >= 11 is 0. The third-order valence-electron chi connectivity index (χ3n) is 10.9. The minimum atomic E-state index is -1.95. The fraction of sp³-hybridized carbons (Fsp3) is 0.758. The van der Waals surface area contributed by atoms with Crippen LogP contribution in [0.3, 0.4) is 0 Å². The highest BCUT2D eigenvalue weighted by Gasteiger charge is 2.50. The van der Waals surface area contributed by atoms with Crippen LogP contribution in [0, 0.1) is 29.1 Å². The molecule has 0 aromatic carbocycles. The molecule has 4 fully saturated rings. The number of rotatable bonds is 7. The second-order valence-corrected chi connectivity index (χ2v) is 19.3. The summed E-state index contributed by atoms with van der Waals surface area (Å²) in [6.45, 7) is 20.7. The zero-order chi connectivity index (χ0) is 27.2. The van der Waals surface area contributed by atoms with E-state index in [-0.39, 0.29) is 23.4 Å². The molecule has 0 aromatic rings. The van der Waals surface area contributed by atoms with Crippen LogP contribution in [-0.4, -0.2) is 36.8 Å². The summed E-state index contributed by atoms with van der Waals surface area (Å²) in [4.78, 5) is 0. The van der Waals surface area contributed by atoms with E-state index in [0.29, 0.717) is 41.9 Å². The molecule has 4 aliphatic rings. The minimum Gasteiger partial charge on any atom is -0.559 e. The monoisotopic (exact) mass is 526 g/mol. The smallest absolute Gasteiger partial charge is 0.0749 e. The van der Waals surface area contributed by atoms with E-state index in [1.807, 2.05) is 0 Å². The Hall–Kier alpha value is -0.943. The van der Waals surface area contributed by atoms with Gasteiger partial charge in [-0.2, -0.15) is 0 Å². The minimum absolute atomic E-state index is 0.0830. The van der Waals surface area contributed by atoms with Crippen molar-refractivity contribution in [1.29, 1.82) is 0 Å².